The van der Waals surface area contributed by atoms with Gasteiger partial charge in [-0.25, -0.2) is 4.79 Å². The molecule has 0 unspecified atom stereocenters. The standard InChI is InChI=1S/C32H48O3/c1-4-7-10-12-15-20-27-23-19-26-31(29(27)24-16-13-11-8-5-2)35-32(33)34-30-25-18-17-22-28(30)21-14-9-6-3/h17-19,22-23,25-26H,4-16,20-21,24H2,1-3H3. The average molecular weight is 481 g/mol. The Morgan fingerprint density at radius 2 is 1.03 bits per heavy atom. The van der Waals surface area contributed by atoms with Crippen molar-refractivity contribution >= 4 is 6.16 Å². The van der Waals surface area contributed by atoms with E-state index in [0.29, 0.717) is 11.5 Å². The van der Waals surface area contributed by atoms with Gasteiger partial charge in [-0.15, -0.1) is 0 Å². The van der Waals surface area contributed by atoms with E-state index >= 15 is 0 Å². The highest BCUT2D eigenvalue weighted by Gasteiger charge is 2.16. The zero-order valence-corrected chi connectivity index (χ0v) is 22.6. The van der Waals surface area contributed by atoms with Gasteiger partial charge in [-0.05, 0) is 67.3 Å². The van der Waals surface area contributed by atoms with E-state index in [9.17, 15) is 4.79 Å². The molecule has 0 saturated heterocycles. The van der Waals surface area contributed by atoms with E-state index in [1.54, 1.807) is 0 Å². The number of para-hydroxylation sites is 1. The molecule has 0 bridgehead atoms. The van der Waals surface area contributed by atoms with Crippen LogP contribution in [0.2, 0.25) is 0 Å². The first kappa shape index (κ1) is 28.9. The van der Waals surface area contributed by atoms with Crippen LogP contribution in [0.1, 0.15) is 121 Å². The fraction of sp³-hybridized carbons (Fsp3) is 0.594. The van der Waals surface area contributed by atoms with Crippen molar-refractivity contribution in [2.24, 2.45) is 0 Å². The summed E-state index contributed by atoms with van der Waals surface area (Å²) in [5.41, 5.74) is 3.57. The van der Waals surface area contributed by atoms with Crippen molar-refractivity contribution in [3.63, 3.8) is 0 Å². The summed E-state index contributed by atoms with van der Waals surface area (Å²) >= 11 is 0. The lowest BCUT2D eigenvalue weighted by Gasteiger charge is -2.16. The van der Waals surface area contributed by atoms with Gasteiger partial charge in [0.25, 0.3) is 0 Å². The van der Waals surface area contributed by atoms with E-state index in [1.165, 1.54) is 81.8 Å². The predicted molar refractivity (Wildman–Crippen MR) is 148 cm³/mol. The Balaban J connectivity index is 2.08. The lowest BCUT2D eigenvalue weighted by atomic mass is 9.95. The number of ether oxygens (including phenoxy) is 2. The van der Waals surface area contributed by atoms with Gasteiger partial charge in [0.05, 0.1) is 0 Å². The summed E-state index contributed by atoms with van der Waals surface area (Å²) in [5, 5.41) is 0. The molecule has 0 heterocycles. The Bertz CT molecular complexity index is 842. The molecule has 0 N–H and O–H groups in total. The van der Waals surface area contributed by atoms with Crippen molar-refractivity contribution in [2.45, 2.75) is 124 Å². The van der Waals surface area contributed by atoms with Gasteiger partial charge >= 0.3 is 6.16 Å². The Labute approximate surface area is 214 Å². The largest absolute Gasteiger partial charge is 0.519 e. The summed E-state index contributed by atoms with van der Waals surface area (Å²) in [6.07, 6.45) is 18.1. The van der Waals surface area contributed by atoms with Crippen LogP contribution in [0.15, 0.2) is 42.5 Å². The summed E-state index contributed by atoms with van der Waals surface area (Å²) in [6, 6.07) is 14.0. The van der Waals surface area contributed by atoms with Crippen LogP contribution in [0, 0.1) is 0 Å². The van der Waals surface area contributed by atoms with E-state index < -0.39 is 6.16 Å². The maximum absolute atomic E-state index is 12.8. The number of carbonyl (C=O) groups is 1. The van der Waals surface area contributed by atoms with Crippen LogP contribution < -0.4 is 9.47 Å². The van der Waals surface area contributed by atoms with Gasteiger partial charge in [0.15, 0.2) is 0 Å². The highest BCUT2D eigenvalue weighted by Crippen LogP contribution is 2.28. The number of hydrogen-bond acceptors (Lipinski definition) is 3. The highest BCUT2D eigenvalue weighted by molar-refractivity contribution is 5.68. The minimum Gasteiger partial charge on any atom is -0.394 e. The van der Waals surface area contributed by atoms with Crippen molar-refractivity contribution < 1.29 is 14.3 Å². The third-order valence-corrected chi connectivity index (χ3v) is 6.72. The molecular weight excluding hydrogens is 432 g/mol. The van der Waals surface area contributed by atoms with E-state index in [2.05, 4.69) is 26.8 Å². The fourth-order valence-electron chi connectivity index (χ4n) is 4.62. The molecule has 2 rings (SSSR count). The van der Waals surface area contributed by atoms with E-state index in [1.807, 2.05) is 36.4 Å². The van der Waals surface area contributed by atoms with Crippen LogP contribution in [0.5, 0.6) is 11.5 Å². The second-order valence-corrected chi connectivity index (χ2v) is 9.74. The van der Waals surface area contributed by atoms with Gasteiger partial charge in [0.2, 0.25) is 0 Å². The van der Waals surface area contributed by atoms with Gasteiger partial charge in [0, 0.05) is 0 Å². The van der Waals surface area contributed by atoms with Gasteiger partial charge in [0.1, 0.15) is 11.5 Å². The zero-order valence-electron chi connectivity index (χ0n) is 22.6. The second kappa shape index (κ2) is 18.0. The van der Waals surface area contributed by atoms with Crippen molar-refractivity contribution in [3.05, 3.63) is 59.2 Å². The number of aryl methyl sites for hydroxylation is 2. The number of rotatable bonds is 18. The molecule has 2 aromatic rings. The Morgan fingerprint density at radius 1 is 0.543 bits per heavy atom. The average Bonchev–Trinajstić information content (AvgIpc) is 2.86. The Kier molecular flexibility index (Phi) is 14.9. The molecule has 2 aromatic carbocycles. The van der Waals surface area contributed by atoms with Crippen LogP contribution in [-0.4, -0.2) is 6.16 Å². The second-order valence-electron chi connectivity index (χ2n) is 9.74. The number of unbranched alkanes of at least 4 members (excludes halogenated alkanes) is 10. The van der Waals surface area contributed by atoms with Gasteiger partial charge in [-0.1, -0.05) is 115 Å². The summed E-state index contributed by atoms with van der Waals surface area (Å²) in [6.45, 7) is 6.69. The number of hydrogen-bond donors (Lipinski definition) is 0. The van der Waals surface area contributed by atoms with Gasteiger partial charge < -0.3 is 9.47 Å². The van der Waals surface area contributed by atoms with E-state index in [4.69, 9.17) is 9.47 Å². The number of benzene rings is 2. The summed E-state index contributed by atoms with van der Waals surface area (Å²) in [5.74, 6) is 1.28. The lowest BCUT2D eigenvalue weighted by molar-refractivity contribution is 0.151. The summed E-state index contributed by atoms with van der Waals surface area (Å²) in [7, 11) is 0. The van der Waals surface area contributed by atoms with Crippen LogP contribution in [0.3, 0.4) is 0 Å². The number of carbonyl (C=O) groups excluding carboxylic acids is 1. The van der Waals surface area contributed by atoms with Crippen molar-refractivity contribution in [1.82, 2.24) is 0 Å². The Morgan fingerprint density at radius 3 is 1.74 bits per heavy atom. The van der Waals surface area contributed by atoms with Crippen molar-refractivity contribution in [1.29, 1.82) is 0 Å². The molecule has 3 heteroatoms. The molecule has 0 amide bonds. The molecule has 0 fully saturated rings. The fourth-order valence-corrected chi connectivity index (χ4v) is 4.62. The molecule has 0 atom stereocenters. The van der Waals surface area contributed by atoms with Gasteiger partial charge in [-0.3, -0.25) is 0 Å². The molecule has 0 saturated carbocycles. The summed E-state index contributed by atoms with van der Waals surface area (Å²) < 4.78 is 11.5. The zero-order chi connectivity index (χ0) is 25.1. The van der Waals surface area contributed by atoms with E-state index in [0.717, 1.165) is 37.7 Å². The monoisotopic (exact) mass is 480 g/mol. The SMILES string of the molecule is CCCCCCCc1cccc(OC(=O)Oc2ccccc2CCCCC)c1CCCCCCC. The van der Waals surface area contributed by atoms with Crippen LogP contribution in [-0.2, 0) is 19.3 Å². The maximum Gasteiger partial charge on any atom is 0.519 e. The molecule has 35 heavy (non-hydrogen) atoms. The van der Waals surface area contributed by atoms with E-state index in [-0.39, 0.29) is 0 Å². The smallest absolute Gasteiger partial charge is 0.394 e. The molecule has 0 aliphatic rings. The molecular formula is C32H48O3. The lowest BCUT2D eigenvalue weighted by Crippen LogP contribution is -2.16. The summed E-state index contributed by atoms with van der Waals surface area (Å²) in [4.78, 5) is 12.8. The molecule has 3 nitrogen and oxygen atoms in total. The minimum atomic E-state index is -0.639. The normalized spacial score (nSPS) is 10.9. The molecule has 0 radical (unpaired) electrons. The van der Waals surface area contributed by atoms with Crippen molar-refractivity contribution in [2.75, 3.05) is 0 Å². The molecule has 0 aromatic heterocycles. The molecule has 0 spiro atoms. The highest BCUT2D eigenvalue weighted by atomic mass is 16.7. The maximum atomic E-state index is 12.8. The first-order chi connectivity index (χ1) is 17.2. The first-order valence-corrected chi connectivity index (χ1v) is 14.3. The van der Waals surface area contributed by atoms with Crippen LogP contribution in [0.4, 0.5) is 4.79 Å². The first-order valence-electron chi connectivity index (χ1n) is 14.3. The third-order valence-electron chi connectivity index (χ3n) is 6.72. The molecule has 0 aliphatic carbocycles. The predicted octanol–water partition coefficient (Wildman–Crippen LogP) is 10.0. The molecule has 0 aliphatic heterocycles. The van der Waals surface area contributed by atoms with Crippen molar-refractivity contribution in [3.8, 4) is 11.5 Å². The van der Waals surface area contributed by atoms with Crippen LogP contribution in [0.25, 0.3) is 0 Å². The Hall–Kier alpha value is -2.29. The van der Waals surface area contributed by atoms with Gasteiger partial charge in [-0.2, -0.15) is 0 Å². The minimum absolute atomic E-state index is 0.613. The third kappa shape index (κ3) is 11.3. The molecule has 194 valence electrons. The quantitative estimate of drug-likeness (QED) is 0.121. The topological polar surface area (TPSA) is 35.5 Å². The van der Waals surface area contributed by atoms with Crippen LogP contribution >= 0.6 is 0 Å².